The first kappa shape index (κ1) is 10.5. The highest BCUT2D eigenvalue weighted by atomic mass is 79.9. The second-order valence-electron chi connectivity index (χ2n) is 2.63. The van der Waals surface area contributed by atoms with E-state index in [4.69, 9.17) is 11.6 Å². The van der Waals surface area contributed by atoms with E-state index in [2.05, 4.69) is 40.0 Å². The lowest BCUT2D eigenvalue weighted by molar-refractivity contribution is 0.351. The Morgan fingerprint density at radius 1 is 1.58 bits per heavy atom. The minimum Gasteiger partial charge on any atom is -0.300 e. The fourth-order valence-electron chi connectivity index (χ4n) is 0.926. The predicted octanol–water partition coefficient (Wildman–Crippen LogP) is 3.18. The quantitative estimate of drug-likeness (QED) is 0.758. The molecule has 0 saturated carbocycles. The third-order valence-corrected chi connectivity index (χ3v) is 3.30. The van der Waals surface area contributed by atoms with Crippen LogP contribution in [0.3, 0.4) is 0 Å². The summed E-state index contributed by atoms with van der Waals surface area (Å²) in [5.41, 5.74) is 0. The van der Waals surface area contributed by atoms with E-state index >= 15 is 0 Å². The monoisotopic (exact) mass is 267 g/mol. The normalized spacial score (nSPS) is 11.0. The Bertz CT molecular complexity index is 239. The van der Waals surface area contributed by atoms with Crippen LogP contribution in [0, 0.1) is 0 Å². The van der Waals surface area contributed by atoms with Crippen molar-refractivity contribution in [2.75, 3.05) is 19.5 Å². The van der Waals surface area contributed by atoms with Gasteiger partial charge >= 0.3 is 0 Å². The first-order chi connectivity index (χ1) is 5.72. The Morgan fingerprint density at radius 3 is 2.83 bits per heavy atom. The zero-order chi connectivity index (χ0) is 8.97. The van der Waals surface area contributed by atoms with Gasteiger partial charge in [0, 0.05) is 23.8 Å². The van der Waals surface area contributed by atoms with E-state index in [-0.39, 0.29) is 0 Å². The third kappa shape index (κ3) is 3.44. The summed E-state index contributed by atoms with van der Waals surface area (Å²) >= 11 is 10.8. The lowest BCUT2D eigenvalue weighted by atomic mass is 10.4. The summed E-state index contributed by atoms with van der Waals surface area (Å²) in [6.45, 7) is 1.93. The van der Waals surface area contributed by atoms with Gasteiger partial charge in [0.25, 0.3) is 0 Å². The first-order valence-electron chi connectivity index (χ1n) is 3.71. The van der Waals surface area contributed by atoms with Gasteiger partial charge in [-0.1, -0.05) is 0 Å². The minimum absolute atomic E-state index is 0.697. The molecule has 0 bridgehead atoms. The molecule has 4 heteroatoms. The first-order valence-corrected chi connectivity index (χ1v) is 5.85. The van der Waals surface area contributed by atoms with Gasteiger partial charge in [-0.25, -0.2) is 0 Å². The molecule has 1 nitrogen and oxygen atoms in total. The van der Waals surface area contributed by atoms with Gasteiger partial charge in [-0.05, 0) is 35.1 Å². The van der Waals surface area contributed by atoms with Gasteiger partial charge in [0.15, 0.2) is 0 Å². The van der Waals surface area contributed by atoms with Crippen LogP contribution in [0.4, 0.5) is 0 Å². The molecule has 1 aromatic heterocycles. The van der Waals surface area contributed by atoms with Crippen molar-refractivity contribution >= 4 is 38.9 Å². The Labute approximate surface area is 90.5 Å². The number of halogens is 2. The molecule has 0 aromatic carbocycles. The van der Waals surface area contributed by atoms with Crippen LogP contribution in [0.25, 0.3) is 0 Å². The van der Waals surface area contributed by atoms with E-state index < -0.39 is 0 Å². The maximum Gasteiger partial charge on any atom is 0.0701 e. The van der Waals surface area contributed by atoms with Gasteiger partial charge < -0.3 is 4.90 Å². The number of nitrogens with zero attached hydrogens (tertiary/aromatic N) is 1. The number of hydrogen-bond acceptors (Lipinski definition) is 2. The van der Waals surface area contributed by atoms with Crippen molar-refractivity contribution < 1.29 is 0 Å². The third-order valence-electron chi connectivity index (χ3n) is 1.52. The van der Waals surface area contributed by atoms with Gasteiger partial charge in [-0.15, -0.1) is 22.9 Å². The van der Waals surface area contributed by atoms with Crippen molar-refractivity contribution in [1.29, 1.82) is 0 Å². The van der Waals surface area contributed by atoms with Crippen molar-refractivity contribution in [2.24, 2.45) is 0 Å². The highest BCUT2D eigenvalue weighted by Gasteiger charge is 2.01. The van der Waals surface area contributed by atoms with Gasteiger partial charge in [0.1, 0.15) is 0 Å². The molecule has 12 heavy (non-hydrogen) atoms. The molecule has 0 saturated heterocycles. The van der Waals surface area contributed by atoms with Crippen molar-refractivity contribution in [2.45, 2.75) is 6.54 Å². The maximum atomic E-state index is 5.62. The molecule has 0 fully saturated rings. The average molecular weight is 269 g/mol. The number of alkyl halides is 1. The standard InChI is InChI=1S/C8H11BrClNS/c1-11(5-4-10)6-7-2-3-8(9)12-7/h2-3H,4-6H2,1H3. The van der Waals surface area contributed by atoms with Gasteiger partial charge in [0.05, 0.1) is 3.79 Å². The van der Waals surface area contributed by atoms with Crippen LogP contribution in [0.5, 0.6) is 0 Å². The smallest absolute Gasteiger partial charge is 0.0701 e. The van der Waals surface area contributed by atoms with E-state index in [0.717, 1.165) is 13.1 Å². The molecule has 0 aliphatic heterocycles. The number of thiophene rings is 1. The maximum absolute atomic E-state index is 5.62. The number of hydrogen-bond donors (Lipinski definition) is 0. The summed E-state index contributed by atoms with van der Waals surface area (Å²) < 4.78 is 1.19. The van der Waals surface area contributed by atoms with E-state index in [1.807, 2.05) is 0 Å². The van der Waals surface area contributed by atoms with E-state index in [9.17, 15) is 0 Å². The van der Waals surface area contributed by atoms with Crippen LogP contribution in [0.1, 0.15) is 4.88 Å². The molecule has 0 aliphatic rings. The molecular formula is C8H11BrClNS. The Morgan fingerprint density at radius 2 is 2.33 bits per heavy atom. The summed E-state index contributed by atoms with van der Waals surface area (Å²) in [4.78, 5) is 3.58. The number of rotatable bonds is 4. The molecule has 1 aromatic rings. The summed E-state index contributed by atoms with van der Waals surface area (Å²) in [6.07, 6.45) is 0. The van der Waals surface area contributed by atoms with Gasteiger partial charge in [-0.3, -0.25) is 0 Å². The van der Waals surface area contributed by atoms with Crippen LogP contribution in [0.2, 0.25) is 0 Å². The van der Waals surface area contributed by atoms with Crippen molar-refractivity contribution in [3.8, 4) is 0 Å². The molecule has 0 spiro atoms. The highest BCUT2D eigenvalue weighted by molar-refractivity contribution is 9.11. The van der Waals surface area contributed by atoms with Crippen molar-refractivity contribution in [3.05, 3.63) is 20.8 Å². The molecule has 0 aliphatic carbocycles. The summed E-state index contributed by atoms with van der Waals surface area (Å²) in [5, 5.41) is 0. The fraction of sp³-hybridized carbons (Fsp3) is 0.500. The van der Waals surface area contributed by atoms with Crippen molar-refractivity contribution in [3.63, 3.8) is 0 Å². The lowest BCUT2D eigenvalue weighted by Gasteiger charge is -2.12. The van der Waals surface area contributed by atoms with E-state index in [1.165, 1.54) is 8.66 Å². The summed E-state index contributed by atoms with van der Waals surface area (Å²) in [6, 6.07) is 4.22. The highest BCUT2D eigenvalue weighted by Crippen LogP contribution is 2.22. The molecule has 0 radical (unpaired) electrons. The van der Waals surface area contributed by atoms with Crippen LogP contribution in [0.15, 0.2) is 15.9 Å². The van der Waals surface area contributed by atoms with Crippen LogP contribution >= 0.6 is 38.9 Å². The molecule has 68 valence electrons. The molecular weight excluding hydrogens is 258 g/mol. The Kier molecular flexibility index (Phi) is 4.57. The largest absolute Gasteiger partial charge is 0.300 e. The zero-order valence-electron chi connectivity index (χ0n) is 6.89. The van der Waals surface area contributed by atoms with Crippen LogP contribution in [-0.4, -0.2) is 24.4 Å². The lowest BCUT2D eigenvalue weighted by Crippen LogP contribution is -2.19. The van der Waals surface area contributed by atoms with E-state index in [0.29, 0.717) is 5.88 Å². The molecule has 0 N–H and O–H groups in total. The fourth-order valence-corrected chi connectivity index (χ4v) is 2.78. The Hall–Kier alpha value is 0.430. The van der Waals surface area contributed by atoms with Crippen LogP contribution < -0.4 is 0 Å². The van der Waals surface area contributed by atoms with Crippen molar-refractivity contribution in [1.82, 2.24) is 4.90 Å². The second-order valence-corrected chi connectivity index (χ2v) is 5.56. The summed E-state index contributed by atoms with van der Waals surface area (Å²) in [5.74, 6) is 0.697. The SMILES string of the molecule is CN(CCCl)Cc1ccc(Br)s1. The van der Waals surface area contributed by atoms with Gasteiger partial charge in [0.2, 0.25) is 0 Å². The second kappa shape index (κ2) is 5.22. The molecule has 0 amide bonds. The zero-order valence-corrected chi connectivity index (χ0v) is 10.0. The Balaban J connectivity index is 2.41. The molecule has 1 heterocycles. The van der Waals surface area contributed by atoms with Gasteiger partial charge in [-0.2, -0.15) is 0 Å². The predicted molar refractivity (Wildman–Crippen MR) is 59.1 cm³/mol. The van der Waals surface area contributed by atoms with E-state index in [1.54, 1.807) is 11.3 Å². The minimum atomic E-state index is 0.697. The molecule has 0 unspecified atom stereocenters. The van der Waals surface area contributed by atoms with Crippen LogP contribution in [-0.2, 0) is 6.54 Å². The average Bonchev–Trinajstić information content (AvgIpc) is 2.36. The molecule has 1 rings (SSSR count). The topological polar surface area (TPSA) is 3.24 Å². The molecule has 0 atom stereocenters. The summed E-state index contributed by atoms with van der Waals surface area (Å²) in [7, 11) is 2.08.